The Hall–Kier alpha value is -2.24. The van der Waals surface area contributed by atoms with E-state index in [0.717, 1.165) is 11.4 Å². The molecule has 1 heterocycles. The normalized spacial score (nSPS) is 11.3. The third-order valence-electron chi connectivity index (χ3n) is 2.50. The summed E-state index contributed by atoms with van der Waals surface area (Å²) in [5.41, 5.74) is 12.1. The van der Waals surface area contributed by atoms with Gasteiger partial charge in [-0.1, -0.05) is 23.2 Å². The number of nitrogens with two attached hydrogens (primary N) is 2. The molecule has 7 heteroatoms. The molecule has 108 valence electrons. The van der Waals surface area contributed by atoms with Crippen LogP contribution in [0.15, 0.2) is 52.8 Å². The quantitative estimate of drug-likeness (QED) is 0.515. The van der Waals surface area contributed by atoms with Gasteiger partial charge in [0, 0.05) is 33.8 Å². The van der Waals surface area contributed by atoms with Gasteiger partial charge in [-0.3, -0.25) is 0 Å². The van der Waals surface area contributed by atoms with Crippen LogP contribution in [0.1, 0.15) is 5.69 Å². The Morgan fingerprint density at radius 3 is 2.52 bits per heavy atom. The van der Waals surface area contributed by atoms with Crippen molar-refractivity contribution in [1.29, 1.82) is 0 Å². The first kappa shape index (κ1) is 15.2. The van der Waals surface area contributed by atoms with E-state index in [0.29, 0.717) is 10.0 Å². The van der Waals surface area contributed by atoms with Crippen LogP contribution < -0.4 is 11.5 Å². The van der Waals surface area contributed by atoms with E-state index in [-0.39, 0.29) is 5.96 Å². The molecule has 0 unspecified atom stereocenters. The molecule has 0 bridgehead atoms. The van der Waals surface area contributed by atoms with Gasteiger partial charge in [-0.05, 0) is 42.5 Å². The molecule has 1 aromatic heterocycles. The molecule has 2 rings (SSSR count). The Kier molecular flexibility index (Phi) is 5.03. The van der Waals surface area contributed by atoms with Gasteiger partial charge in [-0.15, -0.1) is 5.10 Å². The zero-order valence-corrected chi connectivity index (χ0v) is 12.5. The van der Waals surface area contributed by atoms with E-state index in [1.165, 1.54) is 6.21 Å². The lowest BCUT2D eigenvalue weighted by molar-refractivity contribution is 1.06. The maximum absolute atomic E-state index is 6.02. The molecule has 5 nitrogen and oxygen atoms in total. The number of allylic oxidation sites excluding steroid dienone is 1. The van der Waals surface area contributed by atoms with Crippen LogP contribution in [0.5, 0.6) is 0 Å². The molecule has 0 aliphatic heterocycles. The van der Waals surface area contributed by atoms with Crippen LogP contribution in [0.2, 0.25) is 10.0 Å². The maximum atomic E-state index is 6.02. The fourth-order valence-corrected chi connectivity index (χ4v) is 2.24. The highest BCUT2D eigenvalue weighted by atomic mass is 35.5. The summed E-state index contributed by atoms with van der Waals surface area (Å²) in [5.74, 6) is -0.0865. The highest BCUT2D eigenvalue weighted by Gasteiger charge is 2.03. The first-order valence-corrected chi connectivity index (χ1v) is 6.74. The van der Waals surface area contributed by atoms with E-state index in [1.807, 2.05) is 41.1 Å². The first-order chi connectivity index (χ1) is 10.1. The molecule has 0 radical (unpaired) electrons. The summed E-state index contributed by atoms with van der Waals surface area (Å²) in [5, 5.41) is 8.33. The maximum Gasteiger partial charge on any atom is 0.211 e. The molecule has 0 saturated heterocycles. The lowest BCUT2D eigenvalue weighted by Crippen LogP contribution is -2.21. The Balaban J connectivity index is 2.24. The minimum atomic E-state index is -0.0865. The molecule has 0 aliphatic carbocycles. The Morgan fingerprint density at radius 2 is 1.86 bits per heavy atom. The van der Waals surface area contributed by atoms with Gasteiger partial charge >= 0.3 is 0 Å². The van der Waals surface area contributed by atoms with Crippen LogP contribution in [0.25, 0.3) is 11.8 Å². The van der Waals surface area contributed by atoms with E-state index in [1.54, 1.807) is 12.1 Å². The molecule has 0 saturated carbocycles. The molecule has 4 N–H and O–H groups in total. The van der Waals surface area contributed by atoms with Crippen molar-refractivity contribution >= 4 is 41.5 Å². The summed E-state index contributed by atoms with van der Waals surface area (Å²) in [7, 11) is 0. The first-order valence-electron chi connectivity index (χ1n) is 5.99. The number of rotatable bonds is 4. The third-order valence-corrected chi connectivity index (χ3v) is 2.94. The van der Waals surface area contributed by atoms with E-state index in [4.69, 9.17) is 34.7 Å². The molecule has 0 atom stereocenters. The SMILES string of the molecule is NC(N)=N/N=C/C=C/c1cccn1-c1cc(Cl)cc(Cl)c1. The highest BCUT2D eigenvalue weighted by Crippen LogP contribution is 2.23. The van der Waals surface area contributed by atoms with Crippen LogP contribution in [0, 0.1) is 0 Å². The van der Waals surface area contributed by atoms with Crippen molar-refractivity contribution < 1.29 is 0 Å². The fraction of sp³-hybridized carbons (Fsp3) is 0. The molecular weight excluding hydrogens is 309 g/mol. The van der Waals surface area contributed by atoms with Crippen molar-refractivity contribution in [1.82, 2.24) is 4.57 Å². The summed E-state index contributed by atoms with van der Waals surface area (Å²) < 4.78 is 1.95. The topological polar surface area (TPSA) is 81.7 Å². The number of aromatic nitrogens is 1. The molecule has 21 heavy (non-hydrogen) atoms. The van der Waals surface area contributed by atoms with Crippen molar-refractivity contribution in [3.05, 3.63) is 58.3 Å². The minimum Gasteiger partial charge on any atom is -0.369 e. The predicted octanol–water partition coefficient (Wildman–Crippen LogP) is 3.06. The second-order valence-electron chi connectivity index (χ2n) is 4.08. The summed E-state index contributed by atoms with van der Waals surface area (Å²) in [6, 6.07) is 9.21. The molecule has 1 aromatic carbocycles. The van der Waals surface area contributed by atoms with Crippen LogP contribution in [0.3, 0.4) is 0 Å². The second kappa shape index (κ2) is 6.97. The fourth-order valence-electron chi connectivity index (χ4n) is 1.72. The molecule has 0 spiro atoms. The number of hydrogen-bond acceptors (Lipinski definition) is 2. The van der Waals surface area contributed by atoms with Gasteiger partial charge in [0.15, 0.2) is 0 Å². The monoisotopic (exact) mass is 321 g/mol. The number of hydrogen-bond donors (Lipinski definition) is 2. The number of nitrogens with zero attached hydrogens (tertiary/aromatic N) is 3. The zero-order chi connectivity index (χ0) is 15.2. The van der Waals surface area contributed by atoms with E-state index in [2.05, 4.69) is 10.2 Å². The lowest BCUT2D eigenvalue weighted by atomic mass is 10.3. The molecule has 0 aliphatic rings. The molecular formula is C14H13Cl2N5. The predicted molar refractivity (Wildman–Crippen MR) is 89.1 cm³/mol. The Bertz CT molecular complexity index is 692. The summed E-state index contributed by atoms with van der Waals surface area (Å²) in [4.78, 5) is 0. The molecule has 2 aromatic rings. The summed E-state index contributed by atoms with van der Waals surface area (Å²) >= 11 is 12.0. The highest BCUT2D eigenvalue weighted by molar-refractivity contribution is 6.34. The van der Waals surface area contributed by atoms with Crippen molar-refractivity contribution in [2.75, 3.05) is 0 Å². The average molecular weight is 322 g/mol. The van der Waals surface area contributed by atoms with Crippen molar-refractivity contribution in [3.63, 3.8) is 0 Å². The standard InChI is InChI=1S/C14H13Cl2N5/c15-10-7-11(16)9-13(8-10)21-6-2-4-12(21)3-1-5-19-20-14(17)18/h1-9H,(H4,17,18,20)/b3-1+,19-5+. The summed E-state index contributed by atoms with van der Waals surface area (Å²) in [6.45, 7) is 0. The van der Waals surface area contributed by atoms with E-state index >= 15 is 0 Å². The van der Waals surface area contributed by atoms with Crippen molar-refractivity contribution in [3.8, 4) is 5.69 Å². The molecule has 0 fully saturated rings. The van der Waals surface area contributed by atoms with Crippen LogP contribution in [-0.2, 0) is 0 Å². The zero-order valence-electron chi connectivity index (χ0n) is 10.9. The van der Waals surface area contributed by atoms with E-state index in [9.17, 15) is 0 Å². The van der Waals surface area contributed by atoms with Gasteiger partial charge in [0.25, 0.3) is 0 Å². The minimum absolute atomic E-state index is 0.0865. The number of halogens is 2. The Labute approximate surface area is 132 Å². The van der Waals surface area contributed by atoms with Gasteiger partial charge in [0.05, 0.1) is 0 Å². The largest absolute Gasteiger partial charge is 0.369 e. The van der Waals surface area contributed by atoms with Gasteiger partial charge in [-0.2, -0.15) is 5.10 Å². The smallest absolute Gasteiger partial charge is 0.211 e. The molecule has 0 amide bonds. The van der Waals surface area contributed by atoms with E-state index < -0.39 is 0 Å². The van der Waals surface area contributed by atoms with Gasteiger partial charge in [-0.25, -0.2) is 0 Å². The Morgan fingerprint density at radius 1 is 1.14 bits per heavy atom. The number of guanidine groups is 1. The van der Waals surface area contributed by atoms with Gasteiger partial charge in [0.2, 0.25) is 5.96 Å². The van der Waals surface area contributed by atoms with Crippen molar-refractivity contribution in [2.45, 2.75) is 0 Å². The average Bonchev–Trinajstić information content (AvgIpc) is 2.85. The third kappa shape index (κ3) is 4.37. The summed E-state index contributed by atoms with van der Waals surface area (Å²) in [6.07, 6.45) is 6.99. The van der Waals surface area contributed by atoms with Gasteiger partial charge in [0.1, 0.15) is 0 Å². The van der Waals surface area contributed by atoms with Crippen LogP contribution in [-0.4, -0.2) is 16.7 Å². The number of benzene rings is 1. The van der Waals surface area contributed by atoms with Crippen molar-refractivity contribution in [2.24, 2.45) is 21.7 Å². The van der Waals surface area contributed by atoms with Crippen LogP contribution in [0.4, 0.5) is 0 Å². The second-order valence-corrected chi connectivity index (χ2v) is 4.95. The van der Waals surface area contributed by atoms with Gasteiger partial charge < -0.3 is 16.0 Å². The lowest BCUT2D eigenvalue weighted by Gasteiger charge is -2.07. The van der Waals surface area contributed by atoms with Crippen LogP contribution >= 0.6 is 23.2 Å².